The van der Waals surface area contributed by atoms with E-state index in [0.717, 1.165) is 18.8 Å². The summed E-state index contributed by atoms with van der Waals surface area (Å²) in [5.41, 5.74) is 0.699. The number of nitrogens with zero attached hydrogens (tertiary/aromatic N) is 1. The average molecular weight is 305 g/mol. The van der Waals surface area contributed by atoms with Crippen molar-refractivity contribution < 1.29 is 9.53 Å². The quantitative estimate of drug-likeness (QED) is 0.689. The highest BCUT2D eigenvalue weighted by Crippen LogP contribution is 2.25. The Labute approximate surface area is 123 Å². The molecular formula is C13H21ClN2O2S. The summed E-state index contributed by atoms with van der Waals surface area (Å²) in [6.45, 7) is 8.12. The van der Waals surface area contributed by atoms with Gasteiger partial charge >= 0.3 is 0 Å². The highest BCUT2D eigenvalue weighted by molar-refractivity contribution is 7.09. The molecule has 2 heterocycles. The summed E-state index contributed by atoms with van der Waals surface area (Å²) >= 11 is 7.41. The van der Waals surface area contributed by atoms with Crippen LogP contribution in [0.3, 0.4) is 0 Å². The number of thiazole rings is 1. The minimum atomic E-state index is -0.318. The Morgan fingerprint density at radius 1 is 1.63 bits per heavy atom. The first-order valence-corrected chi connectivity index (χ1v) is 7.70. The van der Waals surface area contributed by atoms with Gasteiger partial charge in [-0.05, 0) is 33.7 Å². The molecule has 1 fully saturated rings. The van der Waals surface area contributed by atoms with E-state index in [9.17, 15) is 4.79 Å². The Kier molecular flexibility index (Phi) is 6.75. The molecule has 1 aromatic heterocycles. The summed E-state index contributed by atoms with van der Waals surface area (Å²) in [5, 5.41) is 6.63. The van der Waals surface area contributed by atoms with Crippen molar-refractivity contribution in [1.29, 1.82) is 0 Å². The van der Waals surface area contributed by atoms with Gasteiger partial charge < -0.3 is 10.1 Å². The summed E-state index contributed by atoms with van der Waals surface area (Å²) in [6.07, 6.45) is 1.22. The summed E-state index contributed by atoms with van der Waals surface area (Å²) < 4.78 is 4.55. The lowest BCUT2D eigenvalue weighted by molar-refractivity contribution is -0.138. The summed E-state index contributed by atoms with van der Waals surface area (Å²) in [7, 11) is 0. The van der Waals surface area contributed by atoms with E-state index in [-0.39, 0.29) is 5.60 Å². The van der Waals surface area contributed by atoms with Gasteiger partial charge in [0, 0.05) is 17.8 Å². The first kappa shape index (κ1) is 16.4. The molecule has 0 amide bonds. The number of nitrogens with one attached hydrogen (secondary N) is 1. The summed E-state index contributed by atoms with van der Waals surface area (Å²) in [6, 6.07) is 0. The predicted molar refractivity (Wildman–Crippen MR) is 78.8 cm³/mol. The lowest BCUT2D eigenvalue weighted by Crippen LogP contribution is -2.17. The number of ether oxygens (including phenoxy) is 1. The van der Waals surface area contributed by atoms with Crippen molar-refractivity contribution >= 4 is 29.4 Å². The zero-order chi connectivity index (χ0) is 14.3. The Morgan fingerprint density at radius 2 is 2.37 bits per heavy atom. The van der Waals surface area contributed by atoms with Crippen molar-refractivity contribution in [1.82, 2.24) is 10.3 Å². The van der Waals surface area contributed by atoms with E-state index in [4.69, 9.17) is 11.6 Å². The third-order valence-corrected chi connectivity index (χ3v) is 3.85. The topological polar surface area (TPSA) is 51.2 Å². The molecule has 1 saturated heterocycles. The van der Waals surface area contributed by atoms with E-state index >= 15 is 0 Å². The molecule has 0 aliphatic carbocycles. The Balaban J connectivity index is 0.000000224. The number of hydrogen-bond donors (Lipinski definition) is 1. The number of alkyl halides is 1. The Bertz CT molecular complexity index is 384. The summed E-state index contributed by atoms with van der Waals surface area (Å²) in [4.78, 5) is 14.1. The van der Waals surface area contributed by atoms with Gasteiger partial charge in [-0.15, -0.1) is 22.9 Å². The molecule has 1 atom stereocenters. The molecule has 1 unspecified atom stereocenters. The van der Waals surface area contributed by atoms with Gasteiger partial charge in [0.25, 0.3) is 6.47 Å². The van der Waals surface area contributed by atoms with Crippen LogP contribution in [-0.2, 0) is 15.4 Å². The third-order valence-electron chi connectivity index (χ3n) is 2.52. The van der Waals surface area contributed by atoms with Crippen molar-refractivity contribution in [3.05, 3.63) is 16.1 Å². The second kappa shape index (κ2) is 7.82. The van der Waals surface area contributed by atoms with E-state index in [0.29, 0.717) is 18.3 Å². The second-order valence-electron chi connectivity index (χ2n) is 5.33. The number of carbonyl (C=O) groups is 1. The molecule has 4 nitrogen and oxygen atoms in total. The normalized spacial score (nSPS) is 18.6. The SMILES string of the molecule is CC(C)(C)OC=O.ClCc1csc(C2CCNC2)n1. The van der Waals surface area contributed by atoms with Gasteiger partial charge in [0.15, 0.2) is 0 Å². The Morgan fingerprint density at radius 3 is 2.74 bits per heavy atom. The molecule has 0 radical (unpaired) electrons. The average Bonchev–Trinajstić information content (AvgIpc) is 2.99. The standard InChI is InChI=1S/C8H11ClN2S.C5H10O2/c9-3-7-5-12-8(11-7)6-1-2-10-4-6;1-5(2,3)7-4-6/h5-6,10H,1-4H2;4H,1-3H3. The first-order valence-electron chi connectivity index (χ1n) is 6.28. The second-order valence-corrected chi connectivity index (χ2v) is 6.48. The van der Waals surface area contributed by atoms with Crippen molar-refractivity contribution in [3.8, 4) is 0 Å². The lowest BCUT2D eigenvalue weighted by atomic mass is 10.1. The molecule has 1 aliphatic rings. The largest absolute Gasteiger partial charge is 0.462 e. The molecule has 0 bridgehead atoms. The minimum absolute atomic E-state index is 0.318. The Hall–Kier alpha value is -0.650. The maximum atomic E-state index is 9.60. The van der Waals surface area contributed by atoms with E-state index in [1.54, 1.807) is 11.3 Å². The van der Waals surface area contributed by atoms with Gasteiger partial charge in [-0.25, -0.2) is 4.98 Å². The van der Waals surface area contributed by atoms with Crippen LogP contribution in [0.5, 0.6) is 0 Å². The van der Waals surface area contributed by atoms with Crippen LogP contribution in [0.25, 0.3) is 0 Å². The van der Waals surface area contributed by atoms with E-state index in [1.165, 1.54) is 11.4 Å². The van der Waals surface area contributed by atoms with Gasteiger partial charge in [-0.1, -0.05) is 0 Å². The van der Waals surface area contributed by atoms with Crippen LogP contribution in [0.4, 0.5) is 0 Å². The fourth-order valence-electron chi connectivity index (χ4n) is 1.58. The molecule has 0 aromatic carbocycles. The van der Waals surface area contributed by atoms with Crippen molar-refractivity contribution in [2.24, 2.45) is 0 Å². The number of rotatable bonds is 3. The van der Waals surface area contributed by atoms with E-state index in [1.807, 2.05) is 20.8 Å². The number of hydrogen-bond acceptors (Lipinski definition) is 5. The molecule has 1 N–H and O–H groups in total. The van der Waals surface area contributed by atoms with Gasteiger partial charge in [0.05, 0.1) is 16.6 Å². The van der Waals surface area contributed by atoms with Crippen LogP contribution in [0.2, 0.25) is 0 Å². The first-order chi connectivity index (χ1) is 8.96. The molecule has 1 aliphatic heterocycles. The predicted octanol–water partition coefficient (Wildman–Crippen LogP) is 2.92. The third kappa shape index (κ3) is 6.36. The van der Waals surface area contributed by atoms with Crippen LogP contribution in [-0.4, -0.2) is 30.1 Å². The smallest absolute Gasteiger partial charge is 0.293 e. The van der Waals surface area contributed by atoms with Crippen molar-refractivity contribution in [3.63, 3.8) is 0 Å². The minimum Gasteiger partial charge on any atom is -0.462 e. The number of halogens is 1. The monoisotopic (exact) mass is 304 g/mol. The maximum Gasteiger partial charge on any atom is 0.293 e. The van der Waals surface area contributed by atoms with Crippen LogP contribution in [0.15, 0.2) is 5.38 Å². The molecule has 0 saturated carbocycles. The van der Waals surface area contributed by atoms with Crippen LogP contribution in [0, 0.1) is 0 Å². The lowest BCUT2D eigenvalue weighted by Gasteiger charge is -2.14. The zero-order valence-corrected chi connectivity index (χ0v) is 13.2. The number of carbonyl (C=O) groups excluding carboxylic acids is 1. The molecule has 108 valence electrons. The summed E-state index contributed by atoms with van der Waals surface area (Å²) in [5.74, 6) is 1.17. The zero-order valence-electron chi connectivity index (χ0n) is 11.6. The van der Waals surface area contributed by atoms with Gasteiger partial charge in [0.1, 0.15) is 5.60 Å². The highest BCUT2D eigenvalue weighted by Gasteiger charge is 2.19. The fourth-order valence-corrected chi connectivity index (χ4v) is 2.77. The van der Waals surface area contributed by atoms with Crippen molar-refractivity contribution in [2.45, 2.75) is 44.6 Å². The van der Waals surface area contributed by atoms with Gasteiger partial charge in [-0.3, -0.25) is 4.79 Å². The van der Waals surface area contributed by atoms with Crippen LogP contribution in [0.1, 0.15) is 43.8 Å². The van der Waals surface area contributed by atoms with Crippen molar-refractivity contribution in [2.75, 3.05) is 13.1 Å². The van der Waals surface area contributed by atoms with Gasteiger partial charge in [0.2, 0.25) is 0 Å². The fraction of sp³-hybridized carbons (Fsp3) is 0.692. The molecule has 2 rings (SSSR count). The van der Waals surface area contributed by atoms with E-state index in [2.05, 4.69) is 20.4 Å². The molecule has 1 aromatic rings. The molecule has 19 heavy (non-hydrogen) atoms. The van der Waals surface area contributed by atoms with Crippen LogP contribution < -0.4 is 5.32 Å². The molecule has 6 heteroatoms. The highest BCUT2D eigenvalue weighted by atomic mass is 35.5. The molecule has 0 spiro atoms. The van der Waals surface area contributed by atoms with Crippen LogP contribution >= 0.6 is 22.9 Å². The van der Waals surface area contributed by atoms with Gasteiger partial charge in [-0.2, -0.15) is 0 Å². The number of aromatic nitrogens is 1. The maximum absolute atomic E-state index is 9.60. The molecular weight excluding hydrogens is 284 g/mol. The van der Waals surface area contributed by atoms with E-state index < -0.39 is 0 Å².